The standard InChI is InChI=1S/C15H18Cl2O4/c1-4-5-9-20-13(18)15(2,3)14(19)21-12-10(16)7-6-8-11(12)17/h6-8H,4-5,9H2,1-3H3. The van der Waals surface area contributed by atoms with E-state index < -0.39 is 17.4 Å². The first-order valence-corrected chi connectivity index (χ1v) is 7.39. The van der Waals surface area contributed by atoms with Crippen LogP contribution in [0.2, 0.25) is 10.0 Å². The molecular formula is C15H18Cl2O4. The third kappa shape index (κ3) is 4.61. The van der Waals surface area contributed by atoms with E-state index in [2.05, 4.69) is 0 Å². The summed E-state index contributed by atoms with van der Waals surface area (Å²) in [4.78, 5) is 24.1. The van der Waals surface area contributed by atoms with Crippen LogP contribution in [0, 0.1) is 5.41 Å². The van der Waals surface area contributed by atoms with E-state index in [1.165, 1.54) is 13.8 Å². The third-order valence-corrected chi connectivity index (χ3v) is 3.46. The van der Waals surface area contributed by atoms with Gasteiger partial charge in [0.05, 0.1) is 16.7 Å². The monoisotopic (exact) mass is 332 g/mol. The van der Waals surface area contributed by atoms with Gasteiger partial charge in [-0.05, 0) is 32.4 Å². The van der Waals surface area contributed by atoms with Gasteiger partial charge in [-0.15, -0.1) is 0 Å². The van der Waals surface area contributed by atoms with E-state index in [1.54, 1.807) is 18.2 Å². The Morgan fingerprint density at radius 3 is 2.24 bits per heavy atom. The predicted octanol–water partition coefficient (Wildman–Crippen LogP) is 4.27. The van der Waals surface area contributed by atoms with Crippen molar-refractivity contribution >= 4 is 35.1 Å². The Kier molecular flexibility index (Phi) is 6.49. The third-order valence-electron chi connectivity index (χ3n) is 2.87. The van der Waals surface area contributed by atoms with Gasteiger partial charge in [-0.1, -0.05) is 42.6 Å². The van der Waals surface area contributed by atoms with Gasteiger partial charge in [0.1, 0.15) is 0 Å². The van der Waals surface area contributed by atoms with Crippen LogP contribution >= 0.6 is 23.2 Å². The van der Waals surface area contributed by atoms with Crippen LogP contribution < -0.4 is 4.74 Å². The van der Waals surface area contributed by atoms with E-state index in [9.17, 15) is 9.59 Å². The maximum atomic E-state index is 12.2. The first-order valence-electron chi connectivity index (χ1n) is 6.64. The van der Waals surface area contributed by atoms with Crippen LogP contribution in [-0.2, 0) is 14.3 Å². The topological polar surface area (TPSA) is 52.6 Å². The molecule has 0 aromatic heterocycles. The van der Waals surface area contributed by atoms with Crippen molar-refractivity contribution in [2.75, 3.05) is 6.61 Å². The molecule has 0 saturated carbocycles. The van der Waals surface area contributed by atoms with Crippen molar-refractivity contribution in [3.8, 4) is 5.75 Å². The fourth-order valence-electron chi connectivity index (χ4n) is 1.37. The summed E-state index contributed by atoms with van der Waals surface area (Å²) in [6, 6.07) is 4.72. The molecule has 0 spiro atoms. The minimum atomic E-state index is -1.43. The van der Waals surface area contributed by atoms with Crippen LogP contribution in [0.4, 0.5) is 0 Å². The van der Waals surface area contributed by atoms with Gasteiger partial charge in [0.25, 0.3) is 0 Å². The summed E-state index contributed by atoms with van der Waals surface area (Å²) in [5, 5.41) is 0.400. The number of halogens is 2. The van der Waals surface area contributed by atoms with Crippen LogP contribution in [0.5, 0.6) is 5.75 Å². The molecule has 1 rings (SSSR count). The van der Waals surface area contributed by atoms with Gasteiger partial charge in [0.2, 0.25) is 0 Å². The van der Waals surface area contributed by atoms with Crippen LogP contribution in [0.1, 0.15) is 33.6 Å². The molecule has 0 saturated heterocycles. The van der Waals surface area contributed by atoms with E-state index >= 15 is 0 Å². The summed E-state index contributed by atoms with van der Waals surface area (Å²) in [5.41, 5.74) is -1.43. The van der Waals surface area contributed by atoms with Crippen molar-refractivity contribution in [2.45, 2.75) is 33.6 Å². The smallest absolute Gasteiger partial charge is 0.328 e. The van der Waals surface area contributed by atoms with Crippen LogP contribution in [-0.4, -0.2) is 18.5 Å². The Labute approximate surface area is 134 Å². The zero-order chi connectivity index (χ0) is 16.0. The van der Waals surface area contributed by atoms with Gasteiger partial charge in [-0.2, -0.15) is 0 Å². The second-order valence-electron chi connectivity index (χ2n) is 5.05. The zero-order valence-corrected chi connectivity index (χ0v) is 13.8. The molecule has 0 aliphatic heterocycles. The van der Waals surface area contributed by atoms with Crippen LogP contribution in [0.25, 0.3) is 0 Å². The maximum absolute atomic E-state index is 12.2. The van der Waals surface area contributed by atoms with Gasteiger partial charge in [0.15, 0.2) is 11.2 Å². The van der Waals surface area contributed by atoms with Crippen LogP contribution in [0.3, 0.4) is 0 Å². The van der Waals surface area contributed by atoms with E-state index in [-0.39, 0.29) is 22.4 Å². The van der Waals surface area contributed by atoms with Crippen molar-refractivity contribution < 1.29 is 19.1 Å². The summed E-state index contributed by atoms with van der Waals surface area (Å²) in [5.74, 6) is -1.36. The molecule has 0 aliphatic carbocycles. The second-order valence-corrected chi connectivity index (χ2v) is 5.87. The molecule has 1 aromatic carbocycles. The molecule has 0 unspecified atom stereocenters. The summed E-state index contributed by atoms with van der Waals surface area (Å²) in [7, 11) is 0. The molecule has 21 heavy (non-hydrogen) atoms. The Morgan fingerprint density at radius 2 is 1.71 bits per heavy atom. The molecule has 4 nitrogen and oxygen atoms in total. The molecule has 0 atom stereocenters. The van der Waals surface area contributed by atoms with Gasteiger partial charge >= 0.3 is 11.9 Å². The summed E-state index contributed by atoms with van der Waals surface area (Å²) >= 11 is 11.9. The quantitative estimate of drug-likeness (QED) is 0.338. The highest BCUT2D eigenvalue weighted by atomic mass is 35.5. The minimum absolute atomic E-state index is 0.0419. The van der Waals surface area contributed by atoms with E-state index in [0.29, 0.717) is 0 Å². The zero-order valence-electron chi connectivity index (χ0n) is 12.2. The predicted molar refractivity (Wildman–Crippen MR) is 81.7 cm³/mol. The number of benzene rings is 1. The Balaban J connectivity index is 2.79. The largest absolute Gasteiger partial charge is 0.465 e. The highest BCUT2D eigenvalue weighted by Gasteiger charge is 2.40. The fourth-order valence-corrected chi connectivity index (χ4v) is 1.85. The van der Waals surface area contributed by atoms with Crippen molar-refractivity contribution in [1.29, 1.82) is 0 Å². The van der Waals surface area contributed by atoms with Crippen molar-refractivity contribution in [1.82, 2.24) is 0 Å². The van der Waals surface area contributed by atoms with Crippen molar-refractivity contribution in [2.24, 2.45) is 5.41 Å². The van der Waals surface area contributed by atoms with Gasteiger partial charge < -0.3 is 9.47 Å². The van der Waals surface area contributed by atoms with E-state index in [4.69, 9.17) is 32.7 Å². The number of carbonyl (C=O) groups excluding carboxylic acids is 2. The molecule has 0 radical (unpaired) electrons. The molecule has 0 amide bonds. The lowest BCUT2D eigenvalue weighted by molar-refractivity contribution is -0.164. The van der Waals surface area contributed by atoms with E-state index in [0.717, 1.165) is 12.8 Å². The second kappa shape index (κ2) is 7.66. The average Bonchev–Trinajstić information content (AvgIpc) is 2.42. The summed E-state index contributed by atoms with van der Waals surface area (Å²) in [6.45, 7) is 5.13. The number of rotatable bonds is 6. The lowest BCUT2D eigenvalue weighted by Gasteiger charge is -2.21. The number of hydrogen-bond donors (Lipinski definition) is 0. The Hall–Kier alpha value is -1.26. The van der Waals surface area contributed by atoms with E-state index in [1.807, 2.05) is 6.92 Å². The van der Waals surface area contributed by atoms with Gasteiger partial charge in [-0.3, -0.25) is 9.59 Å². The van der Waals surface area contributed by atoms with Crippen molar-refractivity contribution in [3.05, 3.63) is 28.2 Å². The molecule has 0 aliphatic rings. The number of esters is 2. The highest BCUT2D eigenvalue weighted by Crippen LogP contribution is 2.34. The normalized spacial score (nSPS) is 11.1. The minimum Gasteiger partial charge on any atom is -0.465 e. The number of para-hydroxylation sites is 1. The lowest BCUT2D eigenvalue weighted by Crippen LogP contribution is -2.38. The van der Waals surface area contributed by atoms with Gasteiger partial charge in [0, 0.05) is 0 Å². The highest BCUT2D eigenvalue weighted by molar-refractivity contribution is 6.37. The maximum Gasteiger partial charge on any atom is 0.328 e. The SMILES string of the molecule is CCCCOC(=O)C(C)(C)C(=O)Oc1c(Cl)cccc1Cl. The summed E-state index contributed by atoms with van der Waals surface area (Å²) in [6.07, 6.45) is 1.64. The number of carbonyl (C=O) groups is 2. The number of unbranched alkanes of at least 4 members (excludes halogenated alkanes) is 1. The molecule has 1 aromatic rings. The fraction of sp³-hybridized carbons (Fsp3) is 0.467. The molecule has 116 valence electrons. The average molecular weight is 333 g/mol. The summed E-state index contributed by atoms with van der Waals surface area (Å²) < 4.78 is 10.2. The number of ether oxygens (including phenoxy) is 2. The molecule has 0 N–H and O–H groups in total. The Bertz CT molecular complexity index is 506. The molecule has 0 heterocycles. The van der Waals surface area contributed by atoms with Crippen molar-refractivity contribution in [3.63, 3.8) is 0 Å². The first-order chi connectivity index (χ1) is 9.80. The Morgan fingerprint density at radius 1 is 1.14 bits per heavy atom. The molecular weight excluding hydrogens is 315 g/mol. The molecule has 6 heteroatoms. The first kappa shape index (κ1) is 17.8. The lowest BCUT2D eigenvalue weighted by atomic mass is 9.94. The van der Waals surface area contributed by atoms with Crippen LogP contribution in [0.15, 0.2) is 18.2 Å². The molecule has 0 bridgehead atoms. The number of hydrogen-bond acceptors (Lipinski definition) is 4. The molecule has 0 fully saturated rings. The van der Waals surface area contributed by atoms with Gasteiger partial charge in [-0.25, -0.2) is 0 Å².